The quantitative estimate of drug-likeness (QED) is 0.429. The Labute approximate surface area is 80.7 Å². The number of allylic oxidation sites excluding steroid dienone is 1. The minimum atomic E-state index is -1.11. The van der Waals surface area contributed by atoms with Gasteiger partial charge in [-0.1, -0.05) is 12.6 Å². The van der Waals surface area contributed by atoms with Crippen LogP contribution in [0, 0.1) is 0 Å². The minimum absolute atomic E-state index is 0.00869. The monoisotopic (exact) mass is 191 g/mol. The summed E-state index contributed by atoms with van der Waals surface area (Å²) in [5.41, 5.74) is 5.85. The number of hydrogen-bond acceptors (Lipinski definition) is 3. The molecule has 1 aromatic rings. The number of nitrogens with two attached hydrogens (primary N) is 1. The molecule has 4 heteroatoms. The van der Waals surface area contributed by atoms with Crippen molar-refractivity contribution in [3.05, 3.63) is 42.0 Å². The molecule has 72 valence electrons. The largest absolute Gasteiger partial charge is 0.478 e. The van der Waals surface area contributed by atoms with E-state index in [1.54, 1.807) is 0 Å². The molecule has 0 bridgehead atoms. The summed E-state index contributed by atoms with van der Waals surface area (Å²) in [5.74, 6) is -1.39. The molecule has 4 nitrogen and oxygen atoms in total. The first kappa shape index (κ1) is 9.98. The molecular weight excluding hydrogens is 182 g/mol. The fourth-order valence-electron chi connectivity index (χ4n) is 1.03. The second-order valence-corrected chi connectivity index (χ2v) is 2.68. The molecular formula is C10H9NO3. The standard InChI is InChI=1S/C10H9NO3/c1-2-9(12)6-3-4-7(10(13)14)8(11)5-6/h2-5H,1,11H2,(H,13,14). The van der Waals surface area contributed by atoms with Gasteiger partial charge in [0.2, 0.25) is 0 Å². The van der Waals surface area contributed by atoms with Crippen LogP contribution < -0.4 is 5.73 Å². The van der Waals surface area contributed by atoms with Gasteiger partial charge >= 0.3 is 5.97 Å². The summed E-state index contributed by atoms with van der Waals surface area (Å²) < 4.78 is 0. The topological polar surface area (TPSA) is 80.4 Å². The van der Waals surface area contributed by atoms with Gasteiger partial charge in [-0.25, -0.2) is 4.79 Å². The number of aromatic carboxylic acids is 1. The van der Waals surface area contributed by atoms with Gasteiger partial charge < -0.3 is 10.8 Å². The first-order valence-corrected chi connectivity index (χ1v) is 3.86. The zero-order valence-corrected chi connectivity index (χ0v) is 7.36. The average Bonchev–Trinajstić information content (AvgIpc) is 2.15. The van der Waals surface area contributed by atoms with Crippen LogP contribution in [0.25, 0.3) is 0 Å². The Kier molecular flexibility index (Phi) is 2.67. The SMILES string of the molecule is C=CC(=O)c1ccc(C(=O)O)c(N)c1. The van der Waals surface area contributed by atoms with Gasteiger partial charge in [-0.15, -0.1) is 0 Å². The first-order valence-electron chi connectivity index (χ1n) is 3.86. The van der Waals surface area contributed by atoms with Crippen LogP contribution in [0.1, 0.15) is 20.7 Å². The molecule has 3 N–H and O–H groups in total. The second-order valence-electron chi connectivity index (χ2n) is 2.68. The van der Waals surface area contributed by atoms with E-state index in [0.29, 0.717) is 5.56 Å². The zero-order valence-electron chi connectivity index (χ0n) is 7.36. The summed E-state index contributed by atoms with van der Waals surface area (Å²) in [4.78, 5) is 21.7. The van der Waals surface area contributed by atoms with Crippen molar-refractivity contribution in [2.75, 3.05) is 5.73 Å². The fourth-order valence-corrected chi connectivity index (χ4v) is 1.03. The highest BCUT2D eigenvalue weighted by atomic mass is 16.4. The molecule has 0 aliphatic rings. The van der Waals surface area contributed by atoms with E-state index < -0.39 is 5.97 Å². The van der Waals surface area contributed by atoms with Crippen molar-refractivity contribution in [1.29, 1.82) is 0 Å². The van der Waals surface area contributed by atoms with Gasteiger partial charge in [0.25, 0.3) is 0 Å². The first-order chi connectivity index (χ1) is 6.56. The number of carboxylic acids is 1. The number of anilines is 1. The maximum Gasteiger partial charge on any atom is 0.337 e. The molecule has 0 fully saturated rings. The summed E-state index contributed by atoms with van der Waals surface area (Å²) in [7, 11) is 0. The number of carbonyl (C=O) groups is 2. The van der Waals surface area contributed by atoms with E-state index in [9.17, 15) is 9.59 Å². The van der Waals surface area contributed by atoms with Gasteiger partial charge in [0.1, 0.15) is 0 Å². The molecule has 0 saturated carbocycles. The maximum absolute atomic E-state index is 11.1. The van der Waals surface area contributed by atoms with E-state index in [0.717, 1.165) is 6.08 Å². The molecule has 0 unspecified atom stereocenters. The number of nitrogen functional groups attached to an aromatic ring is 1. The molecule has 14 heavy (non-hydrogen) atoms. The second kappa shape index (κ2) is 3.74. The van der Waals surface area contributed by atoms with Crippen molar-refractivity contribution < 1.29 is 14.7 Å². The van der Waals surface area contributed by atoms with Crippen molar-refractivity contribution in [2.24, 2.45) is 0 Å². The van der Waals surface area contributed by atoms with Gasteiger partial charge in [-0.3, -0.25) is 4.79 Å². The Morgan fingerprint density at radius 2 is 2.07 bits per heavy atom. The third-order valence-corrected chi connectivity index (χ3v) is 1.75. The number of carbonyl (C=O) groups excluding carboxylic acids is 1. The van der Waals surface area contributed by atoms with Crippen LogP contribution in [0.3, 0.4) is 0 Å². The van der Waals surface area contributed by atoms with E-state index >= 15 is 0 Å². The van der Waals surface area contributed by atoms with Crippen LogP contribution in [-0.4, -0.2) is 16.9 Å². The highest BCUT2D eigenvalue weighted by molar-refractivity contribution is 6.06. The van der Waals surface area contributed by atoms with E-state index in [2.05, 4.69) is 6.58 Å². The van der Waals surface area contributed by atoms with Crippen molar-refractivity contribution in [3.8, 4) is 0 Å². The molecule has 0 heterocycles. The Morgan fingerprint density at radius 3 is 2.50 bits per heavy atom. The zero-order chi connectivity index (χ0) is 10.7. The summed E-state index contributed by atoms with van der Waals surface area (Å²) in [5, 5.41) is 8.67. The molecule has 0 saturated heterocycles. The molecule has 0 aliphatic carbocycles. The molecule has 0 aromatic heterocycles. The lowest BCUT2D eigenvalue weighted by Gasteiger charge is -2.02. The van der Waals surface area contributed by atoms with Gasteiger partial charge in [-0.2, -0.15) is 0 Å². The van der Waals surface area contributed by atoms with Crippen molar-refractivity contribution in [2.45, 2.75) is 0 Å². The predicted molar refractivity (Wildman–Crippen MR) is 52.3 cm³/mol. The lowest BCUT2D eigenvalue weighted by atomic mass is 10.1. The molecule has 0 aliphatic heterocycles. The third kappa shape index (κ3) is 1.80. The van der Waals surface area contributed by atoms with Crippen molar-refractivity contribution in [1.82, 2.24) is 0 Å². The predicted octanol–water partition coefficient (Wildman–Crippen LogP) is 1.34. The lowest BCUT2D eigenvalue weighted by Crippen LogP contribution is -2.04. The molecule has 0 amide bonds. The van der Waals surface area contributed by atoms with E-state index in [4.69, 9.17) is 10.8 Å². The van der Waals surface area contributed by atoms with Gasteiger partial charge in [0.15, 0.2) is 5.78 Å². The summed E-state index contributed by atoms with van der Waals surface area (Å²) in [6.07, 6.45) is 1.15. The summed E-state index contributed by atoms with van der Waals surface area (Å²) in [6, 6.07) is 4.03. The van der Waals surface area contributed by atoms with Crippen LogP contribution in [0.4, 0.5) is 5.69 Å². The summed E-state index contributed by atoms with van der Waals surface area (Å²) >= 11 is 0. The van der Waals surface area contributed by atoms with Crippen molar-refractivity contribution >= 4 is 17.4 Å². The summed E-state index contributed by atoms with van der Waals surface area (Å²) in [6.45, 7) is 3.32. The highest BCUT2D eigenvalue weighted by Crippen LogP contribution is 2.14. The Bertz CT molecular complexity index is 410. The van der Waals surface area contributed by atoms with E-state index in [-0.39, 0.29) is 17.0 Å². The molecule has 0 radical (unpaired) electrons. The van der Waals surface area contributed by atoms with E-state index in [1.807, 2.05) is 0 Å². The highest BCUT2D eigenvalue weighted by Gasteiger charge is 2.09. The third-order valence-electron chi connectivity index (χ3n) is 1.75. The van der Waals surface area contributed by atoms with Crippen LogP contribution in [0.2, 0.25) is 0 Å². The Hall–Kier alpha value is -2.10. The van der Waals surface area contributed by atoms with E-state index in [1.165, 1.54) is 18.2 Å². The smallest absolute Gasteiger partial charge is 0.337 e. The molecule has 0 spiro atoms. The van der Waals surface area contributed by atoms with Crippen LogP contribution >= 0.6 is 0 Å². The normalized spacial score (nSPS) is 9.43. The van der Waals surface area contributed by atoms with Gasteiger partial charge in [0, 0.05) is 11.3 Å². The number of ketones is 1. The Balaban J connectivity index is 3.19. The molecule has 1 rings (SSSR count). The van der Waals surface area contributed by atoms with Crippen molar-refractivity contribution in [3.63, 3.8) is 0 Å². The van der Waals surface area contributed by atoms with Gasteiger partial charge in [-0.05, 0) is 18.2 Å². The number of hydrogen-bond donors (Lipinski definition) is 2. The fraction of sp³-hybridized carbons (Fsp3) is 0. The number of benzene rings is 1. The average molecular weight is 191 g/mol. The van der Waals surface area contributed by atoms with Crippen LogP contribution in [-0.2, 0) is 0 Å². The lowest BCUT2D eigenvalue weighted by molar-refractivity contribution is 0.0697. The molecule has 1 aromatic carbocycles. The maximum atomic E-state index is 11.1. The Morgan fingerprint density at radius 1 is 1.43 bits per heavy atom. The van der Waals surface area contributed by atoms with Crippen LogP contribution in [0.5, 0.6) is 0 Å². The molecule has 0 atom stereocenters. The number of carboxylic acid groups (broad SMARTS) is 1. The van der Waals surface area contributed by atoms with Gasteiger partial charge in [0.05, 0.1) is 5.56 Å². The number of rotatable bonds is 3. The van der Waals surface area contributed by atoms with Crippen LogP contribution in [0.15, 0.2) is 30.9 Å². The minimum Gasteiger partial charge on any atom is -0.478 e.